The fourth-order valence-electron chi connectivity index (χ4n) is 2.35. The monoisotopic (exact) mass is 377 g/mol. The van der Waals surface area contributed by atoms with Crippen molar-refractivity contribution in [3.8, 4) is 0 Å². The quantitative estimate of drug-likeness (QED) is 0.643. The van der Waals surface area contributed by atoms with Crippen LogP contribution in [0.2, 0.25) is 0 Å². The maximum atomic E-state index is 4.71. The molecule has 0 amide bonds. The van der Waals surface area contributed by atoms with Gasteiger partial charge in [0, 0.05) is 42.7 Å². The lowest BCUT2D eigenvalue weighted by atomic mass is 10.3. The zero-order chi connectivity index (χ0) is 16.8. The van der Waals surface area contributed by atoms with Crippen molar-refractivity contribution in [1.29, 1.82) is 0 Å². The molecular weight excluding hydrogens is 354 g/mol. The van der Waals surface area contributed by atoms with E-state index < -0.39 is 0 Å². The Hall–Kier alpha value is -1.82. The van der Waals surface area contributed by atoms with Crippen LogP contribution in [0.3, 0.4) is 0 Å². The first-order valence-electron chi connectivity index (χ1n) is 7.72. The normalized spacial score (nSPS) is 11.6. The highest BCUT2D eigenvalue weighted by molar-refractivity contribution is 9.10. The predicted molar refractivity (Wildman–Crippen MR) is 98.4 cm³/mol. The van der Waals surface area contributed by atoms with Crippen LogP contribution in [-0.4, -0.2) is 34.0 Å². The number of aryl methyl sites for hydroxylation is 2. The summed E-state index contributed by atoms with van der Waals surface area (Å²) in [6.07, 6.45) is 2.06. The van der Waals surface area contributed by atoms with Gasteiger partial charge in [-0.15, -0.1) is 0 Å². The van der Waals surface area contributed by atoms with Crippen molar-refractivity contribution in [1.82, 2.24) is 19.8 Å². The highest BCUT2D eigenvalue weighted by Gasteiger charge is 2.09. The molecule has 5 nitrogen and oxygen atoms in total. The number of nitrogens with one attached hydrogen (secondary N) is 1. The number of hydrogen-bond donors (Lipinski definition) is 1. The fourth-order valence-corrected chi connectivity index (χ4v) is 2.93. The first-order chi connectivity index (χ1) is 11.0. The molecule has 0 aliphatic heterocycles. The van der Waals surface area contributed by atoms with E-state index in [-0.39, 0.29) is 0 Å². The number of aliphatic imine (C=N–C) groups is 1. The number of hydrogen-bond acceptors (Lipinski definition) is 2. The molecule has 2 heterocycles. The first-order valence-corrected chi connectivity index (χ1v) is 8.51. The summed E-state index contributed by atoms with van der Waals surface area (Å²) < 4.78 is 3.21. The van der Waals surface area contributed by atoms with Crippen LogP contribution in [0.1, 0.15) is 24.0 Å². The van der Waals surface area contributed by atoms with Gasteiger partial charge in [0.15, 0.2) is 5.96 Å². The third kappa shape index (κ3) is 5.10. The molecule has 0 atom stereocenters. The zero-order valence-electron chi connectivity index (χ0n) is 14.2. The smallest absolute Gasteiger partial charge is 0.194 e. The van der Waals surface area contributed by atoms with Gasteiger partial charge in [0.1, 0.15) is 0 Å². The van der Waals surface area contributed by atoms with Crippen molar-refractivity contribution in [3.63, 3.8) is 0 Å². The minimum absolute atomic E-state index is 0.575. The lowest BCUT2D eigenvalue weighted by Crippen LogP contribution is -2.38. The van der Waals surface area contributed by atoms with Crippen LogP contribution >= 0.6 is 15.9 Å². The molecule has 0 aliphatic rings. The minimum Gasteiger partial charge on any atom is -0.357 e. The number of aromatic nitrogens is 2. The van der Waals surface area contributed by atoms with Crippen molar-refractivity contribution >= 4 is 21.9 Å². The van der Waals surface area contributed by atoms with Crippen LogP contribution in [0.5, 0.6) is 0 Å². The van der Waals surface area contributed by atoms with Crippen LogP contribution < -0.4 is 5.32 Å². The second kappa shape index (κ2) is 8.15. The topological polar surface area (TPSA) is 45.5 Å². The van der Waals surface area contributed by atoms with Crippen molar-refractivity contribution < 1.29 is 0 Å². The average molecular weight is 378 g/mol. The Morgan fingerprint density at radius 3 is 2.83 bits per heavy atom. The molecule has 2 aromatic rings. The largest absolute Gasteiger partial charge is 0.357 e. The van der Waals surface area contributed by atoms with Gasteiger partial charge in [-0.1, -0.05) is 6.07 Å². The van der Waals surface area contributed by atoms with E-state index in [1.807, 2.05) is 32.2 Å². The van der Waals surface area contributed by atoms with Crippen molar-refractivity contribution in [2.45, 2.75) is 26.9 Å². The van der Waals surface area contributed by atoms with Gasteiger partial charge in [-0.05, 0) is 48.0 Å². The molecule has 0 unspecified atom stereocenters. The highest BCUT2D eigenvalue weighted by atomic mass is 79.9. The molecule has 6 heteroatoms. The Bertz CT molecular complexity index is 677. The van der Waals surface area contributed by atoms with Crippen LogP contribution in [0.4, 0.5) is 0 Å². The number of guanidine groups is 1. The van der Waals surface area contributed by atoms with E-state index in [1.165, 1.54) is 5.69 Å². The molecule has 1 N–H and O–H groups in total. The number of nitrogens with zero attached hydrogens (tertiary/aromatic N) is 4. The molecule has 0 fully saturated rings. The van der Waals surface area contributed by atoms with Gasteiger partial charge in [0.05, 0.1) is 18.8 Å². The maximum absolute atomic E-state index is 4.71. The lowest BCUT2D eigenvalue weighted by molar-refractivity contribution is 0.461. The highest BCUT2D eigenvalue weighted by Crippen LogP contribution is 2.15. The Kier molecular flexibility index (Phi) is 6.21. The van der Waals surface area contributed by atoms with E-state index in [0.717, 1.165) is 34.9 Å². The summed E-state index contributed by atoms with van der Waals surface area (Å²) in [5.41, 5.74) is 3.22. The SMILES string of the molecule is CCNC(=NCc1cccc(C)n1)N(C)Cc1cc(Br)cn1C. The van der Waals surface area contributed by atoms with Gasteiger partial charge >= 0.3 is 0 Å². The van der Waals surface area contributed by atoms with E-state index in [9.17, 15) is 0 Å². The Morgan fingerprint density at radius 1 is 1.43 bits per heavy atom. The van der Waals surface area contributed by atoms with Crippen molar-refractivity contribution in [3.05, 3.63) is 52.0 Å². The van der Waals surface area contributed by atoms with E-state index in [2.05, 4.69) is 61.9 Å². The molecule has 2 rings (SSSR count). The number of halogens is 1. The first kappa shape index (κ1) is 17.5. The Labute approximate surface area is 146 Å². The van der Waals surface area contributed by atoms with Gasteiger partial charge in [-0.3, -0.25) is 4.98 Å². The molecular formula is C17H24BrN5. The molecule has 0 radical (unpaired) electrons. The van der Waals surface area contributed by atoms with Gasteiger partial charge in [0.2, 0.25) is 0 Å². The predicted octanol–water partition coefficient (Wildman–Crippen LogP) is 3.09. The zero-order valence-corrected chi connectivity index (χ0v) is 15.8. The molecule has 23 heavy (non-hydrogen) atoms. The lowest BCUT2D eigenvalue weighted by Gasteiger charge is -2.22. The van der Waals surface area contributed by atoms with Gasteiger partial charge < -0.3 is 14.8 Å². The fraction of sp³-hybridized carbons (Fsp3) is 0.412. The third-order valence-electron chi connectivity index (χ3n) is 3.51. The number of pyridine rings is 1. The number of rotatable bonds is 5. The van der Waals surface area contributed by atoms with Crippen LogP contribution in [0.25, 0.3) is 0 Å². The van der Waals surface area contributed by atoms with Gasteiger partial charge in [-0.25, -0.2) is 4.99 Å². The van der Waals surface area contributed by atoms with Gasteiger partial charge in [-0.2, -0.15) is 0 Å². The summed E-state index contributed by atoms with van der Waals surface area (Å²) in [4.78, 5) is 11.3. The maximum Gasteiger partial charge on any atom is 0.194 e. The summed E-state index contributed by atoms with van der Waals surface area (Å²) in [5.74, 6) is 0.883. The standard InChI is InChI=1S/C17H24BrN5/c1-5-19-17(20-10-15-8-6-7-13(2)21-15)23(4)12-16-9-14(18)11-22(16)3/h6-9,11H,5,10,12H2,1-4H3,(H,19,20). The molecule has 0 aromatic carbocycles. The summed E-state index contributed by atoms with van der Waals surface area (Å²) >= 11 is 3.52. The Morgan fingerprint density at radius 2 is 2.22 bits per heavy atom. The van der Waals surface area contributed by atoms with Crippen molar-refractivity contribution in [2.75, 3.05) is 13.6 Å². The Balaban J connectivity index is 2.09. The molecule has 0 saturated heterocycles. The molecule has 0 aliphatic carbocycles. The molecule has 0 saturated carbocycles. The molecule has 124 valence electrons. The van der Waals surface area contributed by atoms with Crippen molar-refractivity contribution in [2.24, 2.45) is 12.0 Å². The minimum atomic E-state index is 0.575. The van der Waals surface area contributed by atoms with Crippen LogP contribution in [0.15, 0.2) is 39.9 Å². The van der Waals surface area contributed by atoms with Crippen LogP contribution in [-0.2, 0) is 20.1 Å². The van der Waals surface area contributed by atoms with E-state index in [1.54, 1.807) is 0 Å². The molecule has 2 aromatic heterocycles. The summed E-state index contributed by atoms with van der Waals surface area (Å²) in [7, 11) is 4.10. The summed E-state index contributed by atoms with van der Waals surface area (Å²) in [6, 6.07) is 8.15. The van der Waals surface area contributed by atoms with E-state index in [4.69, 9.17) is 4.99 Å². The second-order valence-corrected chi connectivity index (χ2v) is 6.47. The molecule has 0 bridgehead atoms. The molecule has 0 spiro atoms. The van der Waals surface area contributed by atoms with Crippen LogP contribution in [0, 0.1) is 6.92 Å². The van der Waals surface area contributed by atoms with E-state index in [0.29, 0.717) is 6.54 Å². The summed E-state index contributed by atoms with van der Waals surface area (Å²) in [6.45, 7) is 6.27. The third-order valence-corrected chi connectivity index (χ3v) is 3.94. The summed E-state index contributed by atoms with van der Waals surface area (Å²) in [5, 5.41) is 3.34. The second-order valence-electron chi connectivity index (χ2n) is 5.56. The average Bonchev–Trinajstić information content (AvgIpc) is 2.81. The van der Waals surface area contributed by atoms with E-state index >= 15 is 0 Å². The van der Waals surface area contributed by atoms with Gasteiger partial charge in [0.25, 0.3) is 0 Å².